The Bertz CT molecular complexity index is 451. The molecular formula is C12H17N5. The fraction of sp³-hybridized carbons (Fsp3) is 0.417. The predicted octanol–water partition coefficient (Wildman–Crippen LogP) is 1.54. The number of hydrogen-bond donors (Lipinski definition) is 1. The van der Waals surface area contributed by atoms with Crippen LogP contribution >= 0.6 is 0 Å². The number of nitrogens with zero attached hydrogens (tertiary/aromatic N) is 4. The summed E-state index contributed by atoms with van der Waals surface area (Å²) in [6, 6.07) is 4.11. The molecule has 2 heterocycles. The zero-order chi connectivity index (χ0) is 12.1. The maximum atomic E-state index is 4.26. The van der Waals surface area contributed by atoms with Crippen LogP contribution in [0.25, 0.3) is 0 Å². The van der Waals surface area contributed by atoms with E-state index in [1.54, 1.807) is 6.20 Å². The minimum Gasteiger partial charge on any atom is -0.304 e. The maximum absolute atomic E-state index is 4.26. The zero-order valence-corrected chi connectivity index (χ0v) is 10.2. The summed E-state index contributed by atoms with van der Waals surface area (Å²) in [6.07, 6.45) is 5.64. The second-order valence-electron chi connectivity index (χ2n) is 3.95. The second-order valence-corrected chi connectivity index (χ2v) is 3.95. The SMILES string of the molecule is CCn1cc(C(C)NCc2cccnn2)cn1. The van der Waals surface area contributed by atoms with E-state index in [9.17, 15) is 0 Å². The van der Waals surface area contributed by atoms with Crippen molar-refractivity contribution < 1.29 is 0 Å². The molecule has 17 heavy (non-hydrogen) atoms. The van der Waals surface area contributed by atoms with Crippen LogP contribution in [0, 0.1) is 0 Å². The Morgan fingerprint density at radius 2 is 2.35 bits per heavy atom. The van der Waals surface area contributed by atoms with E-state index < -0.39 is 0 Å². The Morgan fingerprint density at radius 1 is 1.47 bits per heavy atom. The summed E-state index contributed by atoms with van der Waals surface area (Å²) in [5, 5.41) is 15.5. The van der Waals surface area contributed by atoms with Crippen molar-refractivity contribution in [3.05, 3.63) is 42.0 Å². The van der Waals surface area contributed by atoms with Gasteiger partial charge in [-0.15, -0.1) is 0 Å². The Morgan fingerprint density at radius 3 is 3.00 bits per heavy atom. The molecule has 1 unspecified atom stereocenters. The molecular weight excluding hydrogens is 214 g/mol. The highest BCUT2D eigenvalue weighted by molar-refractivity contribution is 5.09. The molecule has 0 radical (unpaired) electrons. The quantitative estimate of drug-likeness (QED) is 0.848. The van der Waals surface area contributed by atoms with Gasteiger partial charge in [0.25, 0.3) is 0 Å². The predicted molar refractivity (Wildman–Crippen MR) is 65.2 cm³/mol. The lowest BCUT2D eigenvalue weighted by Gasteiger charge is -2.10. The van der Waals surface area contributed by atoms with Crippen molar-refractivity contribution in [3.8, 4) is 0 Å². The molecule has 2 aromatic heterocycles. The van der Waals surface area contributed by atoms with Crippen LogP contribution in [0.3, 0.4) is 0 Å². The largest absolute Gasteiger partial charge is 0.304 e. The first-order chi connectivity index (χ1) is 8.29. The Hall–Kier alpha value is -1.75. The number of nitrogens with one attached hydrogen (secondary N) is 1. The average Bonchev–Trinajstić information content (AvgIpc) is 2.86. The second kappa shape index (κ2) is 5.54. The highest BCUT2D eigenvalue weighted by atomic mass is 15.3. The molecule has 0 saturated heterocycles. The van der Waals surface area contributed by atoms with Gasteiger partial charge in [0.1, 0.15) is 0 Å². The summed E-state index contributed by atoms with van der Waals surface area (Å²) >= 11 is 0. The van der Waals surface area contributed by atoms with Gasteiger partial charge in [0.2, 0.25) is 0 Å². The van der Waals surface area contributed by atoms with Crippen molar-refractivity contribution in [3.63, 3.8) is 0 Å². The molecule has 0 saturated carbocycles. The third-order valence-electron chi connectivity index (χ3n) is 2.69. The van der Waals surface area contributed by atoms with E-state index in [0.717, 1.165) is 12.2 Å². The Kier molecular flexibility index (Phi) is 3.82. The molecule has 0 amide bonds. The molecule has 0 bridgehead atoms. The summed E-state index contributed by atoms with van der Waals surface area (Å²) in [5.41, 5.74) is 2.14. The molecule has 0 spiro atoms. The third-order valence-corrected chi connectivity index (χ3v) is 2.69. The van der Waals surface area contributed by atoms with Gasteiger partial charge in [-0.1, -0.05) is 0 Å². The lowest BCUT2D eigenvalue weighted by atomic mass is 10.2. The molecule has 5 heteroatoms. The first kappa shape index (κ1) is 11.7. The van der Waals surface area contributed by atoms with Gasteiger partial charge in [0.05, 0.1) is 11.9 Å². The van der Waals surface area contributed by atoms with Crippen LogP contribution in [0.1, 0.15) is 31.1 Å². The first-order valence-electron chi connectivity index (χ1n) is 5.82. The van der Waals surface area contributed by atoms with Gasteiger partial charge >= 0.3 is 0 Å². The number of aryl methyl sites for hydroxylation is 1. The normalized spacial score (nSPS) is 12.6. The Balaban J connectivity index is 1.91. The molecule has 0 aliphatic heterocycles. The standard InChI is InChI=1S/C12H17N5/c1-3-17-9-11(7-15-17)10(2)13-8-12-5-4-6-14-16-12/h4-7,9-10,13H,3,8H2,1-2H3. The van der Waals surface area contributed by atoms with Gasteiger partial charge in [-0.25, -0.2) is 0 Å². The van der Waals surface area contributed by atoms with Crippen LogP contribution in [0.2, 0.25) is 0 Å². The number of aromatic nitrogens is 4. The lowest BCUT2D eigenvalue weighted by Crippen LogP contribution is -2.18. The van der Waals surface area contributed by atoms with Crippen LogP contribution < -0.4 is 5.32 Å². The Labute approximate surface area is 101 Å². The molecule has 1 N–H and O–H groups in total. The fourth-order valence-corrected chi connectivity index (χ4v) is 1.58. The highest BCUT2D eigenvalue weighted by Crippen LogP contribution is 2.11. The molecule has 0 fully saturated rings. The highest BCUT2D eigenvalue weighted by Gasteiger charge is 2.07. The van der Waals surface area contributed by atoms with Gasteiger partial charge < -0.3 is 5.32 Å². The van der Waals surface area contributed by atoms with E-state index >= 15 is 0 Å². The van der Waals surface area contributed by atoms with Crippen molar-refractivity contribution in [2.75, 3.05) is 0 Å². The average molecular weight is 231 g/mol. The summed E-state index contributed by atoms with van der Waals surface area (Å²) in [6.45, 7) is 5.81. The maximum Gasteiger partial charge on any atom is 0.0769 e. The summed E-state index contributed by atoms with van der Waals surface area (Å²) in [4.78, 5) is 0. The summed E-state index contributed by atoms with van der Waals surface area (Å²) < 4.78 is 1.93. The molecule has 1 atom stereocenters. The third kappa shape index (κ3) is 3.10. The topological polar surface area (TPSA) is 55.6 Å². The fourth-order valence-electron chi connectivity index (χ4n) is 1.58. The molecule has 0 aliphatic carbocycles. The lowest BCUT2D eigenvalue weighted by molar-refractivity contribution is 0.562. The van der Waals surface area contributed by atoms with Gasteiger partial charge in [0.15, 0.2) is 0 Å². The number of hydrogen-bond acceptors (Lipinski definition) is 4. The van der Waals surface area contributed by atoms with E-state index in [1.807, 2.05) is 23.0 Å². The van der Waals surface area contributed by atoms with Gasteiger partial charge in [-0.3, -0.25) is 4.68 Å². The van der Waals surface area contributed by atoms with Crippen molar-refractivity contribution in [1.29, 1.82) is 0 Å². The summed E-state index contributed by atoms with van der Waals surface area (Å²) in [5.74, 6) is 0. The van der Waals surface area contributed by atoms with Crippen molar-refractivity contribution >= 4 is 0 Å². The van der Waals surface area contributed by atoms with Gasteiger partial charge in [-0.05, 0) is 26.0 Å². The number of rotatable bonds is 5. The molecule has 0 aliphatic rings. The zero-order valence-electron chi connectivity index (χ0n) is 10.2. The molecule has 90 valence electrons. The van der Waals surface area contributed by atoms with Crippen LogP contribution in [0.4, 0.5) is 0 Å². The van der Waals surface area contributed by atoms with E-state index in [4.69, 9.17) is 0 Å². The molecule has 2 rings (SSSR count). The van der Waals surface area contributed by atoms with Gasteiger partial charge in [0, 0.05) is 37.1 Å². The minimum atomic E-state index is 0.261. The van der Waals surface area contributed by atoms with E-state index in [1.165, 1.54) is 5.56 Å². The molecule has 5 nitrogen and oxygen atoms in total. The van der Waals surface area contributed by atoms with Crippen molar-refractivity contribution in [1.82, 2.24) is 25.3 Å². The smallest absolute Gasteiger partial charge is 0.0769 e. The molecule has 0 aromatic carbocycles. The van der Waals surface area contributed by atoms with E-state index in [-0.39, 0.29) is 6.04 Å². The van der Waals surface area contributed by atoms with Crippen molar-refractivity contribution in [2.45, 2.75) is 33.0 Å². The van der Waals surface area contributed by atoms with Gasteiger partial charge in [-0.2, -0.15) is 15.3 Å². The van der Waals surface area contributed by atoms with Crippen LogP contribution in [0.15, 0.2) is 30.7 Å². The van der Waals surface area contributed by atoms with E-state index in [2.05, 4.69) is 40.7 Å². The minimum absolute atomic E-state index is 0.261. The molecule has 2 aromatic rings. The van der Waals surface area contributed by atoms with Crippen LogP contribution in [0.5, 0.6) is 0 Å². The van der Waals surface area contributed by atoms with Crippen LogP contribution in [-0.4, -0.2) is 20.0 Å². The van der Waals surface area contributed by atoms with E-state index in [0.29, 0.717) is 6.54 Å². The van der Waals surface area contributed by atoms with Crippen LogP contribution in [-0.2, 0) is 13.1 Å². The first-order valence-corrected chi connectivity index (χ1v) is 5.82. The summed E-state index contributed by atoms with van der Waals surface area (Å²) in [7, 11) is 0. The monoisotopic (exact) mass is 231 g/mol. The van der Waals surface area contributed by atoms with Crippen molar-refractivity contribution in [2.24, 2.45) is 0 Å².